The number of pyridine rings is 1. The predicted octanol–water partition coefficient (Wildman–Crippen LogP) is 2.48. The summed E-state index contributed by atoms with van der Waals surface area (Å²) in [5.74, 6) is 0.271. The molecule has 0 fully saturated rings. The monoisotopic (exact) mass is 176 g/mol. The number of hydrogen-bond acceptors (Lipinski definition) is 3. The van der Waals surface area contributed by atoms with Gasteiger partial charge < -0.3 is 0 Å². The van der Waals surface area contributed by atoms with Crippen molar-refractivity contribution in [2.45, 2.75) is 26.7 Å². The lowest BCUT2D eigenvalue weighted by atomic mass is 10.1. The molecule has 1 aromatic heterocycles. The Labute approximate surface area is 77.5 Å². The molecule has 0 N–H and O–H groups in total. The van der Waals surface area contributed by atoms with Crippen LogP contribution in [0.5, 0.6) is 0 Å². The Morgan fingerprint density at radius 1 is 1.54 bits per heavy atom. The molecule has 0 saturated carbocycles. The van der Waals surface area contributed by atoms with Crippen LogP contribution in [0.4, 0.5) is 5.69 Å². The van der Waals surface area contributed by atoms with Crippen molar-refractivity contribution in [1.82, 2.24) is 4.98 Å². The number of rotatable bonds is 2. The van der Waals surface area contributed by atoms with Gasteiger partial charge in [0.1, 0.15) is 0 Å². The van der Waals surface area contributed by atoms with Crippen LogP contribution in [0.15, 0.2) is 17.3 Å². The van der Waals surface area contributed by atoms with Gasteiger partial charge in [0.05, 0.1) is 11.4 Å². The van der Waals surface area contributed by atoms with Gasteiger partial charge in [0, 0.05) is 6.20 Å². The summed E-state index contributed by atoms with van der Waals surface area (Å²) in [6, 6.07) is 1.84. The van der Waals surface area contributed by atoms with Crippen molar-refractivity contribution in [1.29, 1.82) is 0 Å². The van der Waals surface area contributed by atoms with Crippen molar-refractivity contribution in [2.24, 2.45) is 4.99 Å². The van der Waals surface area contributed by atoms with Gasteiger partial charge >= 0.3 is 0 Å². The van der Waals surface area contributed by atoms with Gasteiger partial charge in [-0.25, -0.2) is 4.79 Å². The average molecular weight is 176 g/mol. The second-order valence-electron chi connectivity index (χ2n) is 3.27. The maximum atomic E-state index is 10.1. The van der Waals surface area contributed by atoms with Gasteiger partial charge in [0.15, 0.2) is 0 Å². The van der Waals surface area contributed by atoms with E-state index in [2.05, 4.69) is 9.98 Å². The lowest BCUT2D eigenvalue weighted by Crippen LogP contribution is -1.93. The number of isocyanates is 1. The Bertz CT molecular complexity index is 352. The molecule has 3 heteroatoms. The average Bonchev–Trinajstić information content (AvgIpc) is 2.04. The van der Waals surface area contributed by atoms with Crippen LogP contribution in [0, 0.1) is 6.92 Å². The quantitative estimate of drug-likeness (QED) is 0.513. The summed E-state index contributed by atoms with van der Waals surface area (Å²) in [6.07, 6.45) is 3.32. The van der Waals surface area contributed by atoms with E-state index < -0.39 is 0 Å². The summed E-state index contributed by atoms with van der Waals surface area (Å²) in [7, 11) is 0. The van der Waals surface area contributed by atoms with Gasteiger partial charge in [0.25, 0.3) is 0 Å². The van der Waals surface area contributed by atoms with Crippen molar-refractivity contribution >= 4 is 11.8 Å². The first-order valence-electron chi connectivity index (χ1n) is 4.19. The van der Waals surface area contributed by atoms with Gasteiger partial charge in [-0.1, -0.05) is 13.8 Å². The number of nitrogens with zero attached hydrogens (tertiary/aromatic N) is 2. The van der Waals surface area contributed by atoms with Crippen LogP contribution in [0.2, 0.25) is 0 Å². The normalized spacial score (nSPS) is 9.85. The van der Waals surface area contributed by atoms with E-state index >= 15 is 0 Å². The molecule has 0 aliphatic rings. The Kier molecular flexibility index (Phi) is 2.93. The number of carbonyl (C=O) groups excluding carboxylic acids is 1. The first kappa shape index (κ1) is 9.62. The largest absolute Gasteiger partial charge is 0.258 e. The van der Waals surface area contributed by atoms with E-state index in [1.807, 2.05) is 26.8 Å². The lowest BCUT2D eigenvalue weighted by Gasteiger charge is -2.06. The Morgan fingerprint density at radius 3 is 2.77 bits per heavy atom. The summed E-state index contributed by atoms with van der Waals surface area (Å²) in [4.78, 5) is 18.0. The molecule has 3 nitrogen and oxygen atoms in total. The van der Waals surface area contributed by atoms with Gasteiger partial charge in [-0.05, 0) is 24.5 Å². The van der Waals surface area contributed by atoms with E-state index in [1.165, 1.54) is 0 Å². The minimum absolute atomic E-state index is 0.271. The summed E-state index contributed by atoms with van der Waals surface area (Å²) < 4.78 is 0. The summed E-state index contributed by atoms with van der Waals surface area (Å²) in [5, 5.41) is 0. The molecular formula is C10H12N2O. The zero-order valence-electron chi connectivity index (χ0n) is 8.03. The van der Waals surface area contributed by atoms with Crippen LogP contribution in [-0.4, -0.2) is 11.1 Å². The second-order valence-corrected chi connectivity index (χ2v) is 3.27. The third-order valence-electron chi connectivity index (χ3n) is 1.75. The van der Waals surface area contributed by atoms with Crippen molar-refractivity contribution < 1.29 is 4.79 Å². The van der Waals surface area contributed by atoms with Crippen LogP contribution in [0.25, 0.3) is 0 Å². The molecular weight excluding hydrogens is 164 g/mol. The summed E-state index contributed by atoms with van der Waals surface area (Å²) in [6.45, 7) is 5.95. The second kappa shape index (κ2) is 3.97. The SMILES string of the molecule is Cc1cnc(C(C)C)c(N=C=O)c1. The molecule has 0 spiro atoms. The van der Waals surface area contributed by atoms with Gasteiger partial charge in [-0.2, -0.15) is 4.99 Å². The standard InChI is InChI=1S/C10H12N2O/c1-7(2)10-9(12-6-13)4-8(3)5-11-10/h4-5,7H,1-3H3. The maximum Gasteiger partial charge on any atom is 0.240 e. The van der Waals surface area contributed by atoms with Crippen LogP contribution < -0.4 is 0 Å². The highest BCUT2D eigenvalue weighted by Gasteiger charge is 2.07. The number of aromatic nitrogens is 1. The molecule has 0 atom stereocenters. The first-order chi connectivity index (χ1) is 6.15. The van der Waals surface area contributed by atoms with E-state index in [0.29, 0.717) is 5.69 Å². The third kappa shape index (κ3) is 2.23. The maximum absolute atomic E-state index is 10.1. The van der Waals surface area contributed by atoms with Crippen molar-refractivity contribution in [3.8, 4) is 0 Å². The zero-order valence-corrected chi connectivity index (χ0v) is 8.03. The molecule has 0 aliphatic heterocycles. The fourth-order valence-corrected chi connectivity index (χ4v) is 1.15. The highest BCUT2D eigenvalue weighted by atomic mass is 16.1. The van der Waals surface area contributed by atoms with Crippen LogP contribution in [-0.2, 0) is 4.79 Å². The van der Waals surface area contributed by atoms with E-state index in [0.717, 1.165) is 11.3 Å². The minimum atomic E-state index is 0.271. The smallest absolute Gasteiger partial charge is 0.240 e. The lowest BCUT2D eigenvalue weighted by molar-refractivity contribution is 0.565. The van der Waals surface area contributed by atoms with Gasteiger partial charge in [0.2, 0.25) is 6.08 Å². The number of hydrogen-bond donors (Lipinski definition) is 0. The molecule has 0 aliphatic carbocycles. The van der Waals surface area contributed by atoms with Gasteiger partial charge in [-0.15, -0.1) is 0 Å². The predicted molar refractivity (Wildman–Crippen MR) is 50.8 cm³/mol. The molecule has 0 amide bonds. The molecule has 13 heavy (non-hydrogen) atoms. The van der Waals surface area contributed by atoms with E-state index in [1.54, 1.807) is 12.3 Å². The molecule has 0 unspecified atom stereocenters. The van der Waals surface area contributed by atoms with E-state index in [-0.39, 0.29) is 5.92 Å². The third-order valence-corrected chi connectivity index (χ3v) is 1.75. The van der Waals surface area contributed by atoms with Crippen molar-refractivity contribution in [3.63, 3.8) is 0 Å². The van der Waals surface area contributed by atoms with Crippen LogP contribution in [0.1, 0.15) is 31.0 Å². The molecule has 1 rings (SSSR count). The number of aryl methyl sites for hydroxylation is 1. The van der Waals surface area contributed by atoms with Crippen molar-refractivity contribution in [2.75, 3.05) is 0 Å². The Hall–Kier alpha value is -1.47. The molecule has 68 valence electrons. The minimum Gasteiger partial charge on any atom is -0.258 e. The Morgan fingerprint density at radius 2 is 2.23 bits per heavy atom. The van der Waals surface area contributed by atoms with Gasteiger partial charge in [-0.3, -0.25) is 4.98 Å². The van der Waals surface area contributed by atoms with E-state index in [9.17, 15) is 4.79 Å². The Balaban J connectivity index is 3.26. The molecule has 0 bridgehead atoms. The van der Waals surface area contributed by atoms with Crippen molar-refractivity contribution in [3.05, 3.63) is 23.5 Å². The molecule has 0 radical (unpaired) electrons. The topological polar surface area (TPSA) is 42.3 Å². The first-order valence-corrected chi connectivity index (χ1v) is 4.19. The molecule has 0 aromatic carbocycles. The fraction of sp³-hybridized carbons (Fsp3) is 0.400. The highest BCUT2D eigenvalue weighted by molar-refractivity contribution is 5.53. The van der Waals surface area contributed by atoms with Crippen LogP contribution in [0.3, 0.4) is 0 Å². The molecule has 1 aromatic rings. The van der Waals surface area contributed by atoms with Crippen LogP contribution >= 0.6 is 0 Å². The molecule has 0 saturated heterocycles. The zero-order chi connectivity index (χ0) is 9.84. The van der Waals surface area contributed by atoms with E-state index in [4.69, 9.17) is 0 Å². The number of aliphatic imine (C=N–C) groups is 1. The summed E-state index contributed by atoms with van der Waals surface area (Å²) in [5.41, 5.74) is 2.47. The summed E-state index contributed by atoms with van der Waals surface area (Å²) >= 11 is 0. The highest BCUT2D eigenvalue weighted by Crippen LogP contribution is 2.24. The fourth-order valence-electron chi connectivity index (χ4n) is 1.15. The molecule has 1 heterocycles.